The van der Waals surface area contributed by atoms with E-state index in [1.165, 1.54) is 12.1 Å². The third-order valence-corrected chi connectivity index (χ3v) is 4.37. The van der Waals surface area contributed by atoms with Crippen LogP contribution in [0.15, 0.2) is 35.2 Å². The Balaban J connectivity index is 2.43. The van der Waals surface area contributed by atoms with Crippen LogP contribution in [0.3, 0.4) is 0 Å². The Kier molecular flexibility index (Phi) is 4.36. The molecule has 112 valence electrons. The van der Waals surface area contributed by atoms with Crippen LogP contribution in [-0.2, 0) is 10.1 Å². The molecule has 0 unspecified atom stereocenters. The number of hydrogen-bond acceptors (Lipinski definition) is 3. The van der Waals surface area contributed by atoms with Crippen molar-refractivity contribution >= 4 is 33.3 Å². The van der Waals surface area contributed by atoms with Gasteiger partial charge in [0.2, 0.25) is 0 Å². The topological polar surface area (TPSA) is 43.4 Å². The fourth-order valence-corrected chi connectivity index (χ4v) is 2.68. The lowest BCUT2D eigenvalue weighted by molar-refractivity contribution is 0.423. The van der Waals surface area contributed by atoms with Crippen LogP contribution in [0, 0.1) is 17.5 Å². The Labute approximate surface area is 128 Å². The van der Waals surface area contributed by atoms with Gasteiger partial charge < -0.3 is 4.18 Å². The fraction of sp³-hybridized carbons (Fsp3) is 0. The molecule has 2 rings (SSSR count). The molecule has 2 aromatic carbocycles. The van der Waals surface area contributed by atoms with Gasteiger partial charge in [-0.2, -0.15) is 8.42 Å². The van der Waals surface area contributed by atoms with Crippen LogP contribution in [0.25, 0.3) is 0 Å². The van der Waals surface area contributed by atoms with Crippen molar-refractivity contribution in [2.24, 2.45) is 0 Å². The molecule has 0 aliphatic carbocycles. The molecule has 0 saturated carbocycles. The molecular weight excluding hydrogens is 352 g/mol. The highest BCUT2D eigenvalue weighted by Crippen LogP contribution is 2.29. The summed E-state index contributed by atoms with van der Waals surface area (Å²) < 4.78 is 67.6. The standard InChI is InChI=1S/C12H5Cl2F3O3S/c13-7-2-1-6(5-8(7)14)20-21(18,19)10-4-3-9(15)11(16)12(10)17/h1-5H. The van der Waals surface area contributed by atoms with Crippen LogP contribution in [-0.4, -0.2) is 8.42 Å². The maximum atomic E-state index is 13.5. The van der Waals surface area contributed by atoms with Gasteiger partial charge in [-0.15, -0.1) is 0 Å². The lowest BCUT2D eigenvalue weighted by Crippen LogP contribution is -2.13. The molecule has 0 amide bonds. The molecule has 0 radical (unpaired) electrons. The monoisotopic (exact) mass is 356 g/mol. The minimum Gasteiger partial charge on any atom is -0.379 e. The van der Waals surface area contributed by atoms with Gasteiger partial charge >= 0.3 is 10.1 Å². The van der Waals surface area contributed by atoms with Crippen molar-refractivity contribution in [3.8, 4) is 5.75 Å². The van der Waals surface area contributed by atoms with E-state index in [0.29, 0.717) is 12.1 Å². The summed E-state index contributed by atoms with van der Waals surface area (Å²) in [5.74, 6) is -5.54. The van der Waals surface area contributed by atoms with Crippen LogP contribution in [0.1, 0.15) is 0 Å². The molecule has 0 bridgehead atoms. The Hall–Kier alpha value is -1.44. The minimum absolute atomic E-state index is 0.00938. The summed E-state index contributed by atoms with van der Waals surface area (Å²) >= 11 is 11.3. The normalized spacial score (nSPS) is 11.5. The summed E-state index contributed by atoms with van der Waals surface area (Å²) in [5.41, 5.74) is 0. The van der Waals surface area contributed by atoms with E-state index < -0.39 is 32.5 Å². The number of benzene rings is 2. The first kappa shape index (κ1) is 15.9. The molecule has 0 atom stereocenters. The quantitative estimate of drug-likeness (QED) is 0.612. The second-order valence-corrected chi connectivity index (χ2v) is 6.12. The van der Waals surface area contributed by atoms with E-state index in [2.05, 4.69) is 4.18 Å². The van der Waals surface area contributed by atoms with E-state index in [0.717, 1.165) is 6.07 Å². The van der Waals surface area contributed by atoms with Gasteiger partial charge in [-0.3, -0.25) is 0 Å². The van der Waals surface area contributed by atoms with Crippen molar-refractivity contribution in [1.82, 2.24) is 0 Å². The van der Waals surface area contributed by atoms with Gasteiger partial charge in [0.15, 0.2) is 17.5 Å². The Morgan fingerprint density at radius 3 is 2.19 bits per heavy atom. The smallest absolute Gasteiger partial charge is 0.342 e. The second kappa shape index (κ2) is 5.75. The maximum Gasteiger partial charge on any atom is 0.342 e. The number of rotatable bonds is 3. The van der Waals surface area contributed by atoms with Crippen LogP contribution in [0.2, 0.25) is 10.0 Å². The van der Waals surface area contributed by atoms with Gasteiger partial charge in [-0.05, 0) is 24.3 Å². The molecule has 9 heteroatoms. The fourth-order valence-electron chi connectivity index (χ4n) is 1.40. The number of halogens is 5. The zero-order chi connectivity index (χ0) is 15.8. The number of hydrogen-bond donors (Lipinski definition) is 0. The SMILES string of the molecule is O=S(=O)(Oc1ccc(Cl)c(Cl)c1)c1ccc(F)c(F)c1F. The molecular formula is C12H5Cl2F3O3S. The van der Waals surface area contributed by atoms with Gasteiger partial charge in [-0.25, -0.2) is 13.2 Å². The van der Waals surface area contributed by atoms with Crippen LogP contribution in [0.5, 0.6) is 5.75 Å². The average molecular weight is 357 g/mol. The van der Waals surface area contributed by atoms with Crippen LogP contribution < -0.4 is 4.18 Å². The van der Waals surface area contributed by atoms with Crippen molar-refractivity contribution in [3.63, 3.8) is 0 Å². The van der Waals surface area contributed by atoms with Crippen LogP contribution in [0.4, 0.5) is 13.2 Å². The minimum atomic E-state index is -4.70. The van der Waals surface area contributed by atoms with E-state index in [1.807, 2.05) is 0 Å². The second-order valence-electron chi connectivity index (χ2n) is 3.79. The zero-order valence-electron chi connectivity index (χ0n) is 9.91. The van der Waals surface area contributed by atoms with Gasteiger partial charge in [0, 0.05) is 6.07 Å². The van der Waals surface area contributed by atoms with E-state index in [-0.39, 0.29) is 15.8 Å². The molecule has 0 heterocycles. The largest absolute Gasteiger partial charge is 0.379 e. The lowest BCUT2D eigenvalue weighted by Gasteiger charge is -2.09. The van der Waals surface area contributed by atoms with Crippen molar-refractivity contribution in [2.75, 3.05) is 0 Å². The molecule has 2 aromatic rings. The molecule has 0 aromatic heterocycles. The molecule has 0 N–H and O–H groups in total. The molecule has 0 aliphatic heterocycles. The highest BCUT2D eigenvalue weighted by atomic mass is 35.5. The van der Waals surface area contributed by atoms with Crippen molar-refractivity contribution in [2.45, 2.75) is 4.90 Å². The van der Waals surface area contributed by atoms with Gasteiger partial charge in [0.05, 0.1) is 10.0 Å². The maximum absolute atomic E-state index is 13.5. The molecule has 0 spiro atoms. The summed E-state index contributed by atoms with van der Waals surface area (Å²) in [6.07, 6.45) is 0. The highest BCUT2D eigenvalue weighted by molar-refractivity contribution is 7.87. The van der Waals surface area contributed by atoms with Gasteiger partial charge in [0.1, 0.15) is 10.6 Å². The van der Waals surface area contributed by atoms with Crippen molar-refractivity contribution < 1.29 is 25.8 Å². The summed E-state index contributed by atoms with van der Waals surface area (Å²) in [4.78, 5) is -1.13. The van der Waals surface area contributed by atoms with E-state index >= 15 is 0 Å². The summed E-state index contributed by atoms with van der Waals surface area (Å²) in [6.45, 7) is 0. The van der Waals surface area contributed by atoms with Crippen molar-refractivity contribution in [3.05, 3.63) is 57.8 Å². The first-order chi connectivity index (χ1) is 9.72. The van der Waals surface area contributed by atoms with Gasteiger partial charge in [0.25, 0.3) is 0 Å². The Bertz CT molecular complexity index is 810. The van der Waals surface area contributed by atoms with E-state index in [9.17, 15) is 21.6 Å². The highest BCUT2D eigenvalue weighted by Gasteiger charge is 2.26. The molecule has 0 aliphatic rings. The van der Waals surface area contributed by atoms with E-state index in [4.69, 9.17) is 23.2 Å². The Morgan fingerprint density at radius 2 is 1.57 bits per heavy atom. The average Bonchev–Trinajstić information content (AvgIpc) is 2.39. The first-order valence-electron chi connectivity index (χ1n) is 5.25. The zero-order valence-corrected chi connectivity index (χ0v) is 12.2. The Morgan fingerprint density at radius 1 is 0.905 bits per heavy atom. The van der Waals surface area contributed by atoms with Crippen molar-refractivity contribution in [1.29, 1.82) is 0 Å². The first-order valence-corrected chi connectivity index (χ1v) is 7.42. The third kappa shape index (κ3) is 3.25. The summed E-state index contributed by atoms with van der Waals surface area (Å²) in [5, 5.41) is 0.163. The molecule has 21 heavy (non-hydrogen) atoms. The summed E-state index contributed by atoms with van der Waals surface area (Å²) in [7, 11) is -4.70. The van der Waals surface area contributed by atoms with Gasteiger partial charge in [-0.1, -0.05) is 23.2 Å². The van der Waals surface area contributed by atoms with E-state index in [1.54, 1.807) is 0 Å². The molecule has 0 fully saturated rings. The molecule has 0 saturated heterocycles. The summed E-state index contributed by atoms with van der Waals surface area (Å²) in [6, 6.07) is 4.54. The predicted molar refractivity (Wildman–Crippen MR) is 70.6 cm³/mol. The predicted octanol–water partition coefficient (Wildman–Crippen LogP) is 4.18. The molecule has 3 nitrogen and oxygen atoms in total. The van der Waals surface area contributed by atoms with Crippen LogP contribution >= 0.6 is 23.2 Å². The third-order valence-electron chi connectivity index (χ3n) is 2.37. The lowest BCUT2D eigenvalue weighted by atomic mass is 10.3.